The first-order valence-electron chi connectivity index (χ1n) is 6.94. The maximum Gasteiger partial charge on any atom is 0.221 e. The molecule has 1 unspecified atom stereocenters. The quantitative estimate of drug-likeness (QED) is 0.698. The van der Waals surface area contributed by atoms with Gasteiger partial charge < -0.3 is 15.5 Å². The molecule has 1 amide bonds. The summed E-state index contributed by atoms with van der Waals surface area (Å²) in [5.41, 5.74) is 0. The zero-order valence-corrected chi connectivity index (χ0v) is 11.3. The van der Waals surface area contributed by atoms with Crippen molar-refractivity contribution >= 4 is 5.91 Å². The van der Waals surface area contributed by atoms with Gasteiger partial charge in [0.15, 0.2) is 0 Å². The van der Waals surface area contributed by atoms with Crippen molar-refractivity contribution in [3.63, 3.8) is 0 Å². The molecule has 1 aliphatic rings. The Balaban J connectivity index is 2.03. The molecule has 2 N–H and O–H groups in total. The van der Waals surface area contributed by atoms with Gasteiger partial charge in [-0.15, -0.1) is 0 Å². The van der Waals surface area contributed by atoms with Crippen LogP contribution in [0.2, 0.25) is 0 Å². The van der Waals surface area contributed by atoms with Gasteiger partial charge in [0.2, 0.25) is 5.91 Å². The van der Waals surface area contributed by atoms with E-state index in [1.165, 1.54) is 32.4 Å². The summed E-state index contributed by atoms with van der Waals surface area (Å²) in [6.07, 6.45) is 4.64. The number of nitrogens with one attached hydrogen (secondary N) is 2. The van der Waals surface area contributed by atoms with Crippen molar-refractivity contribution in [3.8, 4) is 0 Å². The number of hydrogen-bond acceptors (Lipinski definition) is 3. The highest BCUT2D eigenvalue weighted by atomic mass is 16.1. The summed E-state index contributed by atoms with van der Waals surface area (Å²) in [6.45, 7) is 9.24. The van der Waals surface area contributed by atoms with Crippen LogP contribution in [-0.4, -0.2) is 49.6 Å². The second kappa shape index (κ2) is 8.48. The lowest BCUT2D eigenvalue weighted by molar-refractivity contribution is -0.120. The number of hydrogen-bond donors (Lipinski definition) is 2. The van der Waals surface area contributed by atoms with E-state index < -0.39 is 0 Å². The Morgan fingerprint density at radius 1 is 1.29 bits per heavy atom. The Hall–Kier alpha value is -0.610. The smallest absolute Gasteiger partial charge is 0.221 e. The van der Waals surface area contributed by atoms with E-state index in [-0.39, 0.29) is 5.91 Å². The lowest BCUT2D eigenvalue weighted by Crippen LogP contribution is -2.42. The minimum absolute atomic E-state index is 0.144. The average molecular weight is 241 g/mol. The van der Waals surface area contributed by atoms with Gasteiger partial charge in [-0.2, -0.15) is 0 Å². The van der Waals surface area contributed by atoms with Gasteiger partial charge in [-0.25, -0.2) is 0 Å². The van der Waals surface area contributed by atoms with E-state index in [4.69, 9.17) is 0 Å². The Kier molecular flexibility index (Phi) is 7.21. The molecule has 0 aromatic carbocycles. The summed E-state index contributed by atoms with van der Waals surface area (Å²) >= 11 is 0. The van der Waals surface area contributed by atoms with Crippen LogP contribution in [0.5, 0.6) is 0 Å². The van der Waals surface area contributed by atoms with Crippen molar-refractivity contribution < 1.29 is 4.79 Å². The van der Waals surface area contributed by atoms with Gasteiger partial charge in [-0.05, 0) is 39.8 Å². The van der Waals surface area contributed by atoms with Crippen LogP contribution in [0.15, 0.2) is 0 Å². The first kappa shape index (κ1) is 14.5. The molecule has 0 aromatic rings. The molecular weight excluding hydrogens is 214 g/mol. The molecular formula is C13H27N3O. The maximum absolute atomic E-state index is 11.3. The van der Waals surface area contributed by atoms with Crippen LogP contribution in [0.3, 0.4) is 0 Å². The van der Waals surface area contributed by atoms with Crippen LogP contribution in [0.25, 0.3) is 0 Å². The molecule has 0 saturated carbocycles. The fourth-order valence-electron chi connectivity index (χ4n) is 2.31. The zero-order valence-electron chi connectivity index (χ0n) is 11.3. The topological polar surface area (TPSA) is 44.4 Å². The largest absolute Gasteiger partial charge is 0.356 e. The molecule has 0 spiro atoms. The molecule has 1 atom stereocenters. The number of carbonyl (C=O) groups is 1. The van der Waals surface area contributed by atoms with Gasteiger partial charge in [0.1, 0.15) is 0 Å². The number of piperidine rings is 1. The normalized spacial score (nSPS) is 18.9. The van der Waals surface area contributed by atoms with Crippen LogP contribution in [0.1, 0.15) is 39.5 Å². The molecule has 0 aliphatic carbocycles. The van der Waals surface area contributed by atoms with Gasteiger partial charge >= 0.3 is 0 Å². The lowest BCUT2D eigenvalue weighted by atomic mass is 10.1. The minimum atomic E-state index is 0.144. The second-order valence-electron chi connectivity index (χ2n) is 4.92. The Morgan fingerprint density at radius 3 is 2.65 bits per heavy atom. The predicted octanol–water partition coefficient (Wildman–Crippen LogP) is 0.977. The second-order valence-corrected chi connectivity index (χ2v) is 4.92. The van der Waals surface area contributed by atoms with Gasteiger partial charge in [0.25, 0.3) is 0 Å². The van der Waals surface area contributed by atoms with Gasteiger partial charge in [-0.1, -0.05) is 6.42 Å². The summed E-state index contributed by atoms with van der Waals surface area (Å²) in [4.78, 5) is 13.8. The van der Waals surface area contributed by atoms with E-state index in [2.05, 4.69) is 22.5 Å². The standard InChI is InChI=1S/C13H27N3O/c1-3-14-13(17)7-8-15-12(2)11-16-9-5-4-6-10-16/h12,15H,3-11H2,1-2H3,(H,14,17). The number of nitrogens with zero attached hydrogens (tertiary/aromatic N) is 1. The van der Waals surface area contributed by atoms with Crippen molar-refractivity contribution in [3.05, 3.63) is 0 Å². The molecule has 1 rings (SSSR count). The monoisotopic (exact) mass is 241 g/mol. The zero-order chi connectivity index (χ0) is 12.5. The summed E-state index contributed by atoms with van der Waals surface area (Å²) in [5, 5.41) is 6.23. The van der Waals surface area contributed by atoms with E-state index in [0.29, 0.717) is 12.5 Å². The molecule has 1 aliphatic heterocycles. The number of rotatable bonds is 7. The highest BCUT2D eigenvalue weighted by Gasteiger charge is 2.12. The van der Waals surface area contributed by atoms with E-state index in [9.17, 15) is 4.79 Å². The third kappa shape index (κ3) is 6.64. The maximum atomic E-state index is 11.3. The van der Waals surface area contributed by atoms with Gasteiger partial charge in [0.05, 0.1) is 0 Å². The molecule has 1 saturated heterocycles. The Bertz CT molecular complexity index is 215. The summed E-state index contributed by atoms with van der Waals surface area (Å²) < 4.78 is 0. The molecule has 1 fully saturated rings. The minimum Gasteiger partial charge on any atom is -0.356 e. The van der Waals surface area contributed by atoms with E-state index in [1.54, 1.807) is 0 Å². The third-order valence-electron chi connectivity index (χ3n) is 3.20. The van der Waals surface area contributed by atoms with Crippen molar-refractivity contribution in [2.45, 2.75) is 45.6 Å². The van der Waals surface area contributed by atoms with Crippen LogP contribution >= 0.6 is 0 Å². The Labute approximate surface area is 105 Å². The first-order valence-corrected chi connectivity index (χ1v) is 6.94. The van der Waals surface area contributed by atoms with Crippen molar-refractivity contribution in [2.24, 2.45) is 0 Å². The molecule has 4 heteroatoms. The molecule has 100 valence electrons. The van der Waals surface area contributed by atoms with Gasteiger partial charge in [-0.3, -0.25) is 4.79 Å². The van der Waals surface area contributed by atoms with Crippen LogP contribution < -0.4 is 10.6 Å². The third-order valence-corrected chi connectivity index (χ3v) is 3.20. The molecule has 0 bridgehead atoms. The van der Waals surface area contributed by atoms with Crippen molar-refractivity contribution in [1.29, 1.82) is 0 Å². The highest BCUT2D eigenvalue weighted by molar-refractivity contribution is 5.75. The number of likely N-dealkylation sites (tertiary alicyclic amines) is 1. The van der Waals surface area contributed by atoms with Crippen LogP contribution in [0, 0.1) is 0 Å². The molecule has 1 heterocycles. The highest BCUT2D eigenvalue weighted by Crippen LogP contribution is 2.08. The number of carbonyl (C=O) groups excluding carboxylic acids is 1. The van der Waals surface area contributed by atoms with Gasteiger partial charge in [0, 0.05) is 32.1 Å². The molecule has 17 heavy (non-hydrogen) atoms. The lowest BCUT2D eigenvalue weighted by Gasteiger charge is -2.29. The summed E-state index contributed by atoms with van der Waals surface area (Å²) in [7, 11) is 0. The first-order chi connectivity index (χ1) is 8.22. The van der Waals surface area contributed by atoms with E-state index in [1.807, 2.05) is 6.92 Å². The van der Waals surface area contributed by atoms with Crippen molar-refractivity contribution in [2.75, 3.05) is 32.7 Å². The average Bonchev–Trinajstić information content (AvgIpc) is 2.30. The summed E-state index contributed by atoms with van der Waals surface area (Å²) in [5.74, 6) is 0.144. The predicted molar refractivity (Wildman–Crippen MR) is 71.1 cm³/mol. The SMILES string of the molecule is CCNC(=O)CCNC(C)CN1CCCCC1. The fraction of sp³-hybridized carbons (Fsp3) is 0.923. The van der Waals surface area contributed by atoms with E-state index in [0.717, 1.165) is 19.6 Å². The number of amides is 1. The molecule has 0 radical (unpaired) electrons. The van der Waals surface area contributed by atoms with Crippen LogP contribution in [0.4, 0.5) is 0 Å². The molecule has 4 nitrogen and oxygen atoms in total. The van der Waals surface area contributed by atoms with Crippen LogP contribution in [-0.2, 0) is 4.79 Å². The molecule has 0 aromatic heterocycles. The van der Waals surface area contributed by atoms with Crippen molar-refractivity contribution in [1.82, 2.24) is 15.5 Å². The van der Waals surface area contributed by atoms with E-state index >= 15 is 0 Å². The summed E-state index contributed by atoms with van der Waals surface area (Å²) in [6, 6.07) is 0.475. The Morgan fingerprint density at radius 2 is 2.00 bits per heavy atom. The fourth-order valence-corrected chi connectivity index (χ4v) is 2.31.